The number of rotatable bonds is 12. The first-order valence-corrected chi connectivity index (χ1v) is 12.8. The number of aryl methyl sites for hydroxylation is 1. The summed E-state index contributed by atoms with van der Waals surface area (Å²) in [6, 6.07) is 23.2. The molecule has 1 saturated heterocycles. The molecule has 0 saturated carbocycles. The van der Waals surface area contributed by atoms with Crippen molar-refractivity contribution in [3.05, 3.63) is 95.6 Å². The van der Waals surface area contributed by atoms with E-state index in [0.717, 1.165) is 12.8 Å². The van der Waals surface area contributed by atoms with Crippen LogP contribution in [0, 0.1) is 11.3 Å². The second kappa shape index (κ2) is 12.7. The van der Waals surface area contributed by atoms with E-state index in [-0.39, 0.29) is 36.7 Å². The molecular formula is C30H32N4O5. The van der Waals surface area contributed by atoms with E-state index < -0.39 is 11.9 Å². The number of hydrogen-bond donors (Lipinski definition) is 4. The number of aliphatic carboxylic acids is 1. The zero-order valence-electron chi connectivity index (χ0n) is 21.5. The second-order valence-electron chi connectivity index (χ2n) is 9.59. The fraction of sp³-hybridized carbons (Fsp3) is 0.267. The fourth-order valence-electron chi connectivity index (χ4n) is 4.73. The molecule has 4 rings (SSSR count). The minimum absolute atomic E-state index is 0.0628. The number of carboxylic acids is 1. The predicted octanol–water partition coefficient (Wildman–Crippen LogP) is 3.93. The number of amidine groups is 1. The first-order chi connectivity index (χ1) is 18.8. The number of nitrogen functional groups attached to an aromatic ring is 1. The predicted molar refractivity (Wildman–Crippen MR) is 148 cm³/mol. The lowest BCUT2D eigenvalue weighted by molar-refractivity contribution is -0.142. The molecule has 2 amide bonds. The van der Waals surface area contributed by atoms with Crippen LogP contribution in [-0.2, 0) is 16.0 Å². The highest BCUT2D eigenvalue weighted by Crippen LogP contribution is 2.29. The summed E-state index contributed by atoms with van der Waals surface area (Å²) in [6.45, 7) is 0.789. The monoisotopic (exact) mass is 528 g/mol. The SMILES string of the molecule is N=C(N)c1ccc(C(=O)Nc2ccc(OC[C@@H]3C[C@@H](CC(=O)O)C(=O)N3CCCc3ccccc3)cc2)cc1. The zero-order chi connectivity index (χ0) is 27.8. The summed E-state index contributed by atoms with van der Waals surface area (Å²) in [5, 5.41) is 19.5. The second-order valence-corrected chi connectivity index (χ2v) is 9.59. The molecule has 1 heterocycles. The summed E-state index contributed by atoms with van der Waals surface area (Å²) < 4.78 is 5.98. The van der Waals surface area contributed by atoms with Gasteiger partial charge in [-0.2, -0.15) is 0 Å². The largest absolute Gasteiger partial charge is 0.491 e. The van der Waals surface area contributed by atoms with Gasteiger partial charge in [0.05, 0.1) is 18.4 Å². The number of nitrogens with one attached hydrogen (secondary N) is 2. The van der Waals surface area contributed by atoms with Crippen molar-refractivity contribution >= 4 is 29.3 Å². The molecule has 3 aromatic rings. The number of hydrogen-bond acceptors (Lipinski definition) is 5. The molecule has 2 atom stereocenters. The summed E-state index contributed by atoms with van der Waals surface area (Å²) in [4.78, 5) is 38.5. The van der Waals surface area contributed by atoms with Crippen molar-refractivity contribution in [1.82, 2.24) is 4.90 Å². The quantitative estimate of drug-likeness (QED) is 0.207. The van der Waals surface area contributed by atoms with Gasteiger partial charge in [-0.1, -0.05) is 42.5 Å². The van der Waals surface area contributed by atoms with Crippen LogP contribution in [0.1, 0.15) is 40.7 Å². The summed E-state index contributed by atoms with van der Waals surface area (Å²) in [6.07, 6.45) is 1.86. The maximum absolute atomic E-state index is 13.0. The molecule has 9 nitrogen and oxygen atoms in total. The maximum atomic E-state index is 13.0. The third kappa shape index (κ3) is 7.44. The van der Waals surface area contributed by atoms with Crippen LogP contribution in [0.3, 0.4) is 0 Å². The highest BCUT2D eigenvalue weighted by Gasteiger charge is 2.40. The smallest absolute Gasteiger partial charge is 0.304 e. The van der Waals surface area contributed by atoms with Gasteiger partial charge in [0, 0.05) is 23.4 Å². The number of carboxylic acid groups (broad SMARTS) is 1. The highest BCUT2D eigenvalue weighted by molar-refractivity contribution is 6.05. The van der Waals surface area contributed by atoms with E-state index >= 15 is 0 Å². The number of likely N-dealkylation sites (tertiary alicyclic amines) is 1. The molecule has 1 aliphatic heterocycles. The fourth-order valence-corrected chi connectivity index (χ4v) is 4.73. The molecule has 0 aliphatic carbocycles. The van der Waals surface area contributed by atoms with E-state index in [9.17, 15) is 19.5 Å². The number of carbonyl (C=O) groups excluding carboxylic acids is 2. The van der Waals surface area contributed by atoms with Crippen LogP contribution in [0.4, 0.5) is 5.69 Å². The van der Waals surface area contributed by atoms with Gasteiger partial charge in [-0.25, -0.2) is 0 Å². The van der Waals surface area contributed by atoms with Gasteiger partial charge in [-0.15, -0.1) is 0 Å². The number of nitrogens with zero attached hydrogens (tertiary/aromatic N) is 1. The van der Waals surface area contributed by atoms with Crippen molar-refractivity contribution in [3.63, 3.8) is 0 Å². The average molecular weight is 529 g/mol. The molecule has 9 heteroatoms. The third-order valence-electron chi connectivity index (χ3n) is 6.77. The molecule has 0 radical (unpaired) electrons. The number of ether oxygens (including phenoxy) is 1. The molecule has 5 N–H and O–H groups in total. The van der Waals surface area contributed by atoms with Crippen LogP contribution in [0.2, 0.25) is 0 Å². The number of anilines is 1. The minimum atomic E-state index is -0.980. The summed E-state index contributed by atoms with van der Waals surface area (Å²) in [7, 11) is 0. The van der Waals surface area contributed by atoms with Gasteiger partial charge in [0.1, 0.15) is 18.2 Å². The van der Waals surface area contributed by atoms with Crippen molar-refractivity contribution in [2.45, 2.75) is 31.7 Å². The maximum Gasteiger partial charge on any atom is 0.304 e. The van der Waals surface area contributed by atoms with Gasteiger partial charge in [-0.3, -0.25) is 19.8 Å². The lowest BCUT2D eigenvalue weighted by Crippen LogP contribution is -2.38. The molecular weight excluding hydrogens is 496 g/mol. The summed E-state index contributed by atoms with van der Waals surface area (Å²) in [5.74, 6) is -1.43. The van der Waals surface area contributed by atoms with E-state index in [1.807, 2.05) is 18.2 Å². The van der Waals surface area contributed by atoms with Crippen LogP contribution in [0.15, 0.2) is 78.9 Å². The van der Waals surface area contributed by atoms with E-state index in [0.29, 0.717) is 35.5 Å². The van der Waals surface area contributed by atoms with Crippen molar-refractivity contribution in [1.29, 1.82) is 5.41 Å². The number of carbonyl (C=O) groups is 3. The first kappa shape index (κ1) is 27.4. The Morgan fingerprint density at radius 3 is 2.31 bits per heavy atom. The van der Waals surface area contributed by atoms with E-state index in [4.69, 9.17) is 15.9 Å². The van der Waals surface area contributed by atoms with Crippen molar-refractivity contribution < 1.29 is 24.2 Å². The molecule has 0 unspecified atom stereocenters. The Morgan fingerprint density at radius 1 is 1.00 bits per heavy atom. The Kier molecular flexibility index (Phi) is 8.94. The molecule has 0 aromatic heterocycles. The van der Waals surface area contributed by atoms with Crippen molar-refractivity contribution in [2.75, 3.05) is 18.5 Å². The Morgan fingerprint density at radius 2 is 1.67 bits per heavy atom. The topological polar surface area (TPSA) is 146 Å². The normalized spacial score (nSPS) is 16.6. The molecule has 1 fully saturated rings. The van der Waals surface area contributed by atoms with Gasteiger partial charge in [-0.05, 0) is 61.2 Å². The highest BCUT2D eigenvalue weighted by atomic mass is 16.5. The zero-order valence-corrected chi connectivity index (χ0v) is 21.5. The number of nitrogens with two attached hydrogens (primary N) is 1. The van der Waals surface area contributed by atoms with Crippen LogP contribution >= 0.6 is 0 Å². The standard InChI is InChI=1S/C30H32N4O5/c31-28(32)21-8-10-22(11-9-21)29(37)33-24-12-14-26(15-13-24)39-19-25-17-23(18-27(35)36)30(38)34(25)16-4-7-20-5-2-1-3-6-20/h1-3,5-6,8-15,23,25H,4,7,16-19H2,(H3,31,32)(H,33,37)(H,35,36)/t23-,25-/m0/s1. The number of amides is 2. The van der Waals surface area contributed by atoms with Gasteiger partial charge in [0.2, 0.25) is 5.91 Å². The lowest BCUT2D eigenvalue weighted by Gasteiger charge is -2.25. The molecule has 39 heavy (non-hydrogen) atoms. The van der Waals surface area contributed by atoms with Gasteiger partial charge < -0.3 is 25.8 Å². The van der Waals surface area contributed by atoms with Gasteiger partial charge >= 0.3 is 5.97 Å². The van der Waals surface area contributed by atoms with Crippen LogP contribution in [0.5, 0.6) is 5.75 Å². The van der Waals surface area contributed by atoms with E-state index in [1.54, 1.807) is 53.4 Å². The Labute approximate surface area is 227 Å². The van der Waals surface area contributed by atoms with Crippen LogP contribution < -0.4 is 15.8 Å². The molecule has 1 aliphatic rings. The summed E-state index contributed by atoms with van der Waals surface area (Å²) >= 11 is 0. The molecule has 0 spiro atoms. The lowest BCUT2D eigenvalue weighted by atomic mass is 10.0. The van der Waals surface area contributed by atoms with E-state index in [1.165, 1.54) is 5.56 Å². The van der Waals surface area contributed by atoms with Crippen molar-refractivity contribution in [2.24, 2.45) is 11.7 Å². The molecule has 3 aromatic carbocycles. The summed E-state index contributed by atoms with van der Waals surface area (Å²) in [5.41, 5.74) is 8.22. The van der Waals surface area contributed by atoms with Gasteiger partial charge in [0.25, 0.3) is 5.91 Å². The van der Waals surface area contributed by atoms with Gasteiger partial charge in [0.15, 0.2) is 0 Å². The molecule has 202 valence electrons. The molecule has 0 bridgehead atoms. The van der Waals surface area contributed by atoms with E-state index in [2.05, 4.69) is 17.4 Å². The first-order valence-electron chi connectivity index (χ1n) is 12.8. The van der Waals surface area contributed by atoms with Crippen LogP contribution in [0.25, 0.3) is 0 Å². The average Bonchev–Trinajstić information content (AvgIpc) is 3.22. The third-order valence-corrected chi connectivity index (χ3v) is 6.77. The number of benzene rings is 3. The van der Waals surface area contributed by atoms with Crippen LogP contribution in [-0.4, -0.2) is 52.8 Å². The Hall–Kier alpha value is -4.66. The Bertz CT molecular complexity index is 1310. The minimum Gasteiger partial charge on any atom is -0.491 e. The van der Waals surface area contributed by atoms with Crippen molar-refractivity contribution in [3.8, 4) is 5.75 Å². The Balaban J connectivity index is 1.33.